The van der Waals surface area contributed by atoms with Crippen molar-refractivity contribution in [2.24, 2.45) is 0 Å². The van der Waals surface area contributed by atoms with Gasteiger partial charge in [0.2, 0.25) is 0 Å². The predicted octanol–water partition coefficient (Wildman–Crippen LogP) is 1.29. The van der Waals surface area contributed by atoms with E-state index in [1.54, 1.807) is 0 Å². The number of carbonyl (C=O) groups excluding carboxylic acids is 2. The van der Waals surface area contributed by atoms with Crippen LogP contribution in [0.4, 0.5) is 0 Å². The van der Waals surface area contributed by atoms with E-state index >= 15 is 0 Å². The van der Waals surface area contributed by atoms with Crippen LogP contribution in [-0.4, -0.2) is 30.4 Å². The highest BCUT2D eigenvalue weighted by molar-refractivity contribution is 5.79. The lowest BCUT2D eigenvalue weighted by Gasteiger charge is -2.17. The molecule has 4 nitrogen and oxygen atoms in total. The average Bonchev–Trinajstić information content (AvgIpc) is 2.01. The first kappa shape index (κ1) is 14.1. The Morgan fingerprint density at radius 3 is 2.27 bits per heavy atom. The second-order valence-corrected chi connectivity index (χ2v) is 4.67. The van der Waals surface area contributed by atoms with Crippen LogP contribution >= 0.6 is 0 Å². The minimum Gasteiger partial charge on any atom is -0.462 e. The largest absolute Gasteiger partial charge is 0.462 e. The summed E-state index contributed by atoms with van der Waals surface area (Å²) in [6.07, 6.45) is 1.45. The summed E-state index contributed by atoms with van der Waals surface area (Å²) in [4.78, 5) is 20.2. The number of piperidine rings is 1. The van der Waals surface area contributed by atoms with Gasteiger partial charge in [-0.2, -0.15) is 0 Å². The van der Waals surface area contributed by atoms with Crippen LogP contribution in [-0.2, 0) is 14.3 Å². The highest BCUT2D eigenvalue weighted by Gasteiger charge is 2.13. The van der Waals surface area contributed by atoms with Crippen molar-refractivity contribution in [1.82, 2.24) is 5.32 Å². The van der Waals surface area contributed by atoms with Crippen molar-refractivity contribution in [2.45, 2.75) is 52.2 Å². The molecule has 4 heteroatoms. The Bertz CT molecular complexity index is 208. The Morgan fingerprint density at radius 2 is 2.07 bits per heavy atom. The van der Waals surface area contributed by atoms with Crippen molar-refractivity contribution in [2.75, 3.05) is 6.54 Å². The zero-order valence-corrected chi connectivity index (χ0v) is 10.0. The first-order valence-corrected chi connectivity index (χ1v) is 5.21. The Kier molecular flexibility index (Phi) is 6.17. The van der Waals surface area contributed by atoms with Crippen LogP contribution in [0.3, 0.4) is 0 Å². The number of hydrogen-bond acceptors (Lipinski definition) is 4. The van der Waals surface area contributed by atoms with Crippen molar-refractivity contribution >= 4 is 12.3 Å². The predicted molar refractivity (Wildman–Crippen MR) is 58.6 cm³/mol. The third kappa shape index (κ3) is 9.41. The quantitative estimate of drug-likeness (QED) is 0.670. The Hall–Kier alpha value is -0.900. The fraction of sp³-hybridized carbons (Fsp3) is 0.818. The number of ketones is 1. The molecule has 1 N–H and O–H groups in total. The summed E-state index contributed by atoms with van der Waals surface area (Å²) in [5.41, 5.74) is -0.318. The molecule has 1 heterocycles. The molecular formula is C11H21NO3. The molecule has 1 aliphatic heterocycles. The highest BCUT2D eigenvalue weighted by atomic mass is 16.5. The molecule has 0 spiro atoms. The van der Waals surface area contributed by atoms with Crippen LogP contribution in [0.5, 0.6) is 0 Å². The number of carbonyl (C=O) groups is 2. The molecule has 0 aliphatic carbocycles. The van der Waals surface area contributed by atoms with Crippen LogP contribution in [0.25, 0.3) is 0 Å². The van der Waals surface area contributed by atoms with Gasteiger partial charge in [0.05, 0.1) is 0 Å². The van der Waals surface area contributed by atoms with E-state index in [2.05, 4.69) is 10.1 Å². The smallest absolute Gasteiger partial charge is 0.293 e. The number of hydrogen-bond donors (Lipinski definition) is 1. The molecule has 1 fully saturated rings. The zero-order valence-electron chi connectivity index (χ0n) is 10.0. The van der Waals surface area contributed by atoms with Crippen molar-refractivity contribution < 1.29 is 14.3 Å². The summed E-state index contributed by atoms with van der Waals surface area (Å²) in [5.74, 6) is 0.399. The summed E-state index contributed by atoms with van der Waals surface area (Å²) in [6.45, 7) is 8.83. The topological polar surface area (TPSA) is 55.4 Å². The van der Waals surface area contributed by atoms with Gasteiger partial charge in [-0.3, -0.25) is 9.59 Å². The van der Waals surface area contributed by atoms with E-state index in [9.17, 15) is 9.59 Å². The number of Topliss-reactive ketones (excluding diaryl/α,β-unsaturated/α-hetero) is 1. The summed E-state index contributed by atoms with van der Waals surface area (Å²) in [6, 6.07) is 0.413. The number of nitrogens with one attached hydrogen (secondary N) is 1. The van der Waals surface area contributed by atoms with E-state index in [1.165, 1.54) is 0 Å². The molecule has 0 aromatic carbocycles. The maximum absolute atomic E-state index is 10.6. The molecule has 0 bridgehead atoms. The zero-order chi connectivity index (χ0) is 11.9. The Morgan fingerprint density at radius 1 is 1.47 bits per heavy atom. The minimum atomic E-state index is -0.318. The van der Waals surface area contributed by atoms with Gasteiger partial charge in [-0.25, -0.2) is 0 Å². The molecule has 1 rings (SSSR count). The lowest BCUT2D eigenvalue weighted by molar-refractivity contribution is -0.138. The molecular weight excluding hydrogens is 194 g/mol. The van der Waals surface area contributed by atoms with Crippen molar-refractivity contribution in [3.05, 3.63) is 0 Å². The van der Waals surface area contributed by atoms with Gasteiger partial charge >= 0.3 is 0 Å². The number of ether oxygens (including phenoxy) is 1. The van der Waals surface area contributed by atoms with Crippen LogP contribution in [0, 0.1) is 0 Å². The van der Waals surface area contributed by atoms with E-state index in [0.29, 0.717) is 18.3 Å². The lowest BCUT2D eigenvalue weighted by atomic mass is 10.1. The fourth-order valence-electron chi connectivity index (χ4n) is 1.12. The van der Waals surface area contributed by atoms with Crippen LogP contribution in [0.2, 0.25) is 0 Å². The van der Waals surface area contributed by atoms with Crippen LogP contribution in [0.1, 0.15) is 40.5 Å². The van der Waals surface area contributed by atoms with Gasteiger partial charge < -0.3 is 10.1 Å². The van der Waals surface area contributed by atoms with E-state index < -0.39 is 0 Å². The standard InChI is InChI=1S/C6H11NO.C5H10O2/c1-5-4-6(8)2-3-7-5;1-5(2,3)7-4-6/h5,7H,2-4H2,1H3;4H,1-3H3/t5-;/m1./s1. The van der Waals surface area contributed by atoms with E-state index in [4.69, 9.17) is 0 Å². The third-order valence-corrected chi connectivity index (χ3v) is 1.83. The third-order valence-electron chi connectivity index (χ3n) is 1.83. The monoisotopic (exact) mass is 215 g/mol. The SMILES string of the molecule is CC(C)(C)OC=O.C[C@@H]1CC(=O)CCN1. The second-order valence-electron chi connectivity index (χ2n) is 4.67. The summed E-state index contributed by atoms with van der Waals surface area (Å²) < 4.78 is 4.55. The van der Waals surface area contributed by atoms with E-state index in [-0.39, 0.29) is 5.60 Å². The molecule has 0 radical (unpaired) electrons. The maximum atomic E-state index is 10.6. The normalized spacial score (nSPS) is 21.3. The Balaban J connectivity index is 0.000000265. The summed E-state index contributed by atoms with van der Waals surface area (Å²) >= 11 is 0. The molecule has 88 valence electrons. The molecule has 0 amide bonds. The lowest BCUT2D eigenvalue weighted by Crippen LogP contribution is -2.35. The average molecular weight is 215 g/mol. The highest BCUT2D eigenvalue weighted by Crippen LogP contribution is 2.02. The minimum absolute atomic E-state index is 0.318. The molecule has 1 atom stereocenters. The summed E-state index contributed by atoms with van der Waals surface area (Å²) in [7, 11) is 0. The van der Waals surface area contributed by atoms with Crippen molar-refractivity contribution in [1.29, 1.82) is 0 Å². The fourth-order valence-corrected chi connectivity index (χ4v) is 1.12. The maximum Gasteiger partial charge on any atom is 0.293 e. The van der Waals surface area contributed by atoms with Gasteiger partial charge in [-0.05, 0) is 27.7 Å². The molecule has 0 saturated carbocycles. The van der Waals surface area contributed by atoms with Crippen molar-refractivity contribution in [3.63, 3.8) is 0 Å². The number of rotatable bonds is 1. The van der Waals surface area contributed by atoms with Crippen LogP contribution in [0.15, 0.2) is 0 Å². The van der Waals surface area contributed by atoms with Gasteiger partial charge in [0, 0.05) is 25.4 Å². The van der Waals surface area contributed by atoms with E-state index in [0.717, 1.165) is 19.4 Å². The molecule has 0 aromatic rings. The molecule has 1 aliphatic rings. The van der Waals surface area contributed by atoms with E-state index in [1.807, 2.05) is 27.7 Å². The summed E-state index contributed by atoms with van der Waals surface area (Å²) in [5, 5.41) is 3.19. The second kappa shape index (κ2) is 6.56. The van der Waals surface area contributed by atoms with Gasteiger partial charge in [-0.15, -0.1) is 0 Å². The molecule has 1 saturated heterocycles. The Labute approximate surface area is 91.4 Å². The molecule has 15 heavy (non-hydrogen) atoms. The first-order valence-electron chi connectivity index (χ1n) is 5.21. The first-order chi connectivity index (χ1) is 6.85. The van der Waals surface area contributed by atoms with Crippen molar-refractivity contribution in [3.8, 4) is 0 Å². The van der Waals surface area contributed by atoms with Gasteiger partial charge in [-0.1, -0.05) is 0 Å². The molecule has 0 unspecified atom stereocenters. The van der Waals surface area contributed by atoms with Crippen LogP contribution < -0.4 is 5.32 Å². The molecule has 0 aromatic heterocycles. The van der Waals surface area contributed by atoms with Gasteiger partial charge in [0.25, 0.3) is 6.47 Å². The van der Waals surface area contributed by atoms with Gasteiger partial charge in [0.15, 0.2) is 0 Å². The van der Waals surface area contributed by atoms with Gasteiger partial charge in [0.1, 0.15) is 11.4 Å².